The number of rotatable bonds is 4. The van der Waals surface area contributed by atoms with Crippen LogP contribution in [0.2, 0.25) is 5.02 Å². The van der Waals surface area contributed by atoms with E-state index in [0.717, 1.165) is 11.3 Å². The van der Waals surface area contributed by atoms with Gasteiger partial charge in [-0.1, -0.05) is 29.8 Å². The number of carbonyl (C=O) groups excluding carboxylic acids is 1. The molecule has 25 heavy (non-hydrogen) atoms. The van der Waals surface area contributed by atoms with Crippen LogP contribution in [0.3, 0.4) is 0 Å². The fourth-order valence-electron chi connectivity index (χ4n) is 2.99. The first kappa shape index (κ1) is 17.6. The van der Waals surface area contributed by atoms with Crippen LogP contribution in [0.1, 0.15) is 38.8 Å². The maximum absolute atomic E-state index is 12.6. The lowest BCUT2D eigenvalue weighted by Crippen LogP contribution is -2.44. The molecular weight excluding hydrogens is 338 g/mol. The number of para-hydroxylation sites is 1. The summed E-state index contributed by atoms with van der Waals surface area (Å²) in [7, 11) is 0. The Morgan fingerprint density at radius 3 is 2.64 bits per heavy atom. The van der Waals surface area contributed by atoms with Gasteiger partial charge in [0.2, 0.25) is 0 Å². The summed E-state index contributed by atoms with van der Waals surface area (Å²) in [5.41, 5.74) is 0.654. The van der Waals surface area contributed by atoms with Gasteiger partial charge >= 0.3 is 0 Å². The number of fused-ring (bicyclic) bond motifs is 1. The molecule has 132 valence electrons. The molecule has 3 rings (SSSR count). The van der Waals surface area contributed by atoms with Gasteiger partial charge in [-0.2, -0.15) is 0 Å². The number of amides is 1. The van der Waals surface area contributed by atoms with E-state index >= 15 is 0 Å². The van der Waals surface area contributed by atoms with Crippen molar-refractivity contribution in [1.82, 2.24) is 5.32 Å². The Kier molecular flexibility index (Phi) is 4.91. The fourth-order valence-corrected chi connectivity index (χ4v) is 3.12. The number of hydrogen-bond acceptors (Lipinski definition) is 3. The predicted octanol–water partition coefficient (Wildman–Crippen LogP) is 4.53. The summed E-state index contributed by atoms with van der Waals surface area (Å²) < 4.78 is 11.7. The fraction of sp³-hybridized carbons (Fsp3) is 0.350. The van der Waals surface area contributed by atoms with Crippen molar-refractivity contribution in [2.45, 2.75) is 44.9 Å². The lowest BCUT2D eigenvalue weighted by Gasteiger charge is -2.38. The summed E-state index contributed by atoms with van der Waals surface area (Å²) in [5.74, 6) is 1.27. The van der Waals surface area contributed by atoms with Crippen LogP contribution in [0, 0.1) is 0 Å². The smallest absolute Gasteiger partial charge is 0.261 e. The molecule has 2 aromatic rings. The normalized spacial score (nSPS) is 19.3. The zero-order chi connectivity index (χ0) is 18.0. The van der Waals surface area contributed by atoms with Crippen LogP contribution < -0.4 is 14.8 Å². The Morgan fingerprint density at radius 2 is 1.92 bits per heavy atom. The Morgan fingerprint density at radius 1 is 1.24 bits per heavy atom. The number of ether oxygens (including phenoxy) is 2. The highest BCUT2D eigenvalue weighted by Gasteiger charge is 2.35. The van der Waals surface area contributed by atoms with Crippen LogP contribution in [0.15, 0.2) is 48.5 Å². The van der Waals surface area contributed by atoms with Crippen molar-refractivity contribution in [2.75, 3.05) is 0 Å². The summed E-state index contributed by atoms with van der Waals surface area (Å²) >= 11 is 5.87. The van der Waals surface area contributed by atoms with Crippen molar-refractivity contribution in [3.63, 3.8) is 0 Å². The molecule has 5 heteroatoms. The molecule has 0 aromatic heterocycles. The van der Waals surface area contributed by atoms with E-state index < -0.39 is 6.10 Å². The van der Waals surface area contributed by atoms with Crippen LogP contribution in [-0.2, 0) is 4.79 Å². The first-order valence-electron chi connectivity index (χ1n) is 8.35. The second-order valence-electron chi connectivity index (χ2n) is 6.88. The van der Waals surface area contributed by atoms with Gasteiger partial charge in [-0.05, 0) is 51.1 Å². The third kappa shape index (κ3) is 4.26. The average molecular weight is 360 g/mol. The maximum atomic E-state index is 12.6. The highest BCUT2D eigenvalue weighted by Crippen LogP contribution is 2.39. The van der Waals surface area contributed by atoms with E-state index in [1.807, 2.05) is 38.1 Å². The van der Waals surface area contributed by atoms with Gasteiger partial charge in [0.05, 0.1) is 6.04 Å². The molecule has 1 heterocycles. The molecule has 1 aliphatic heterocycles. The second kappa shape index (κ2) is 6.96. The van der Waals surface area contributed by atoms with Crippen molar-refractivity contribution in [3.8, 4) is 11.5 Å². The molecule has 0 radical (unpaired) electrons. The van der Waals surface area contributed by atoms with E-state index in [2.05, 4.69) is 5.32 Å². The minimum absolute atomic E-state index is 0.108. The summed E-state index contributed by atoms with van der Waals surface area (Å²) in [6.45, 7) is 5.78. The Balaban J connectivity index is 1.70. The highest BCUT2D eigenvalue weighted by molar-refractivity contribution is 6.30. The first-order valence-corrected chi connectivity index (χ1v) is 8.72. The topological polar surface area (TPSA) is 47.6 Å². The second-order valence-corrected chi connectivity index (χ2v) is 7.32. The molecule has 0 bridgehead atoms. The van der Waals surface area contributed by atoms with Gasteiger partial charge in [0, 0.05) is 17.0 Å². The molecule has 0 spiro atoms. The SMILES string of the molecule is C[C@@H](Oc1ccc(Cl)cc1)C(=O)N[C@H]1CC(C)(C)Oc2ccccc21. The Bertz CT molecular complexity index is 758. The van der Waals surface area contributed by atoms with Gasteiger partial charge in [-0.25, -0.2) is 0 Å². The summed E-state index contributed by atoms with van der Waals surface area (Å²) in [6.07, 6.45) is 0.0861. The monoisotopic (exact) mass is 359 g/mol. The number of halogens is 1. The Labute approximate surface area is 153 Å². The van der Waals surface area contributed by atoms with Gasteiger partial charge in [-0.15, -0.1) is 0 Å². The molecule has 0 saturated carbocycles. The van der Waals surface area contributed by atoms with Crippen molar-refractivity contribution in [1.29, 1.82) is 0 Å². The molecular formula is C20H22ClNO3. The third-order valence-corrected chi connectivity index (χ3v) is 4.44. The molecule has 0 aliphatic carbocycles. The van der Waals surface area contributed by atoms with E-state index in [9.17, 15) is 4.79 Å². The van der Waals surface area contributed by atoms with Crippen LogP contribution >= 0.6 is 11.6 Å². The molecule has 0 saturated heterocycles. The molecule has 2 atom stereocenters. The largest absolute Gasteiger partial charge is 0.487 e. The number of nitrogens with one attached hydrogen (secondary N) is 1. The number of carbonyl (C=O) groups is 1. The minimum atomic E-state index is -0.612. The molecule has 1 N–H and O–H groups in total. The first-order chi connectivity index (χ1) is 11.8. The molecule has 4 nitrogen and oxygen atoms in total. The van der Waals surface area contributed by atoms with Crippen molar-refractivity contribution in [3.05, 3.63) is 59.1 Å². The van der Waals surface area contributed by atoms with E-state index in [-0.39, 0.29) is 17.6 Å². The zero-order valence-electron chi connectivity index (χ0n) is 14.6. The number of hydrogen-bond donors (Lipinski definition) is 1. The van der Waals surface area contributed by atoms with Gasteiger partial charge in [0.15, 0.2) is 6.10 Å². The van der Waals surface area contributed by atoms with E-state index in [4.69, 9.17) is 21.1 Å². The van der Waals surface area contributed by atoms with E-state index in [0.29, 0.717) is 17.2 Å². The van der Waals surface area contributed by atoms with Gasteiger partial charge in [-0.3, -0.25) is 4.79 Å². The molecule has 0 unspecified atom stereocenters. The van der Waals surface area contributed by atoms with Gasteiger partial charge in [0.1, 0.15) is 17.1 Å². The lowest BCUT2D eigenvalue weighted by atomic mass is 9.89. The van der Waals surface area contributed by atoms with Crippen molar-refractivity contribution >= 4 is 17.5 Å². The van der Waals surface area contributed by atoms with E-state index in [1.165, 1.54) is 0 Å². The van der Waals surface area contributed by atoms with Crippen LogP contribution in [-0.4, -0.2) is 17.6 Å². The van der Waals surface area contributed by atoms with Crippen LogP contribution in [0.4, 0.5) is 0 Å². The van der Waals surface area contributed by atoms with Crippen LogP contribution in [0.25, 0.3) is 0 Å². The van der Waals surface area contributed by atoms with E-state index in [1.54, 1.807) is 31.2 Å². The zero-order valence-corrected chi connectivity index (χ0v) is 15.3. The molecule has 1 aliphatic rings. The van der Waals surface area contributed by atoms with Crippen molar-refractivity contribution < 1.29 is 14.3 Å². The highest BCUT2D eigenvalue weighted by atomic mass is 35.5. The minimum Gasteiger partial charge on any atom is -0.487 e. The summed E-state index contributed by atoms with van der Waals surface area (Å²) in [4.78, 5) is 12.6. The quantitative estimate of drug-likeness (QED) is 0.872. The third-order valence-electron chi connectivity index (χ3n) is 4.19. The summed E-state index contributed by atoms with van der Waals surface area (Å²) in [5, 5.41) is 3.72. The van der Waals surface area contributed by atoms with Gasteiger partial charge in [0.25, 0.3) is 5.91 Å². The predicted molar refractivity (Wildman–Crippen MR) is 98.2 cm³/mol. The lowest BCUT2D eigenvalue weighted by molar-refractivity contribution is -0.128. The van der Waals surface area contributed by atoms with Crippen LogP contribution in [0.5, 0.6) is 11.5 Å². The summed E-state index contributed by atoms with van der Waals surface area (Å²) in [6, 6.07) is 14.7. The standard InChI is InChI=1S/C20H22ClNO3/c1-13(24-15-10-8-14(21)9-11-15)19(23)22-17-12-20(2,3)25-18-7-5-4-6-16(17)18/h4-11,13,17H,12H2,1-3H3,(H,22,23)/t13-,17+/m1/s1. The molecule has 1 amide bonds. The number of benzene rings is 2. The molecule has 0 fully saturated rings. The van der Waals surface area contributed by atoms with Gasteiger partial charge < -0.3 is 14.8 Å². The Hall–Kier alpha value is -2.20. The maximum Gasteiger partial charge on any atom is 0.261 e. The average Bonchev–Trinajstić information content (AvgIpc) is 2.56. The van der Waals surface area contributed by atoms with Crippen molar-refractivity contribution in [2.24, 2.45) is 0 Å². The molecule has 2 aromatic carbocycles.